The van der Waals surface area contributed by atoms with Crippen LogP contribution in [0.5, 0.6) is 0 Å². The Morgan fingerprint density at radius 3 is 2.52 bits per heavy atom. The summed E-state index contributed by atoms with van der Waals surface area (Å²) in [5.74, 6) is 1.40. The summed E-state index contributed by atoms with van der Waals surface area (Å²) in [6.45, 7) is 1.98. The van der Waals surface area contributed by atoms with Crippen molar-refractivity contribution in [2.75, 3.05) is 10.2 Å². The number of carbonyl (C=O) groups excluding carboxylic acids is 1. The average Bonchev–Trinajstić information content (AvgIpc) is 3.15. The number of amides is 1. The van der Waals surface area contributed by atoms with Crippen LogP contribution in [0.25, 0.3) is 5.82 Å². The van der Waals surface area contributed by atoms with E-state index in [-0.39, 0.29) is 11.9 Å². The third-order valence-corrected chi connectivity index (χ3v) is 5.65. The summed E-state index contributed by atoms with van der Waals surface area (Å²) in [4.78, 5) is 24.4. The van der Waals surface area contributed by atoms with Gasteiger partial charge in [-0.1, -0.05) is 48.5 Å². The Balaban J connectivity index is 1.67. The fourth-order valence-corrected chi connectivity index (χ4v) is 4.33. The molecule has 0 saturated carbocycles. The third-order valence-electron chi connectivity index (χ3n) is 5.65. The Bertz CT molecular complexity index is 1340. The largest absolute Gasteiger partial charge is 0.317 e. The van der Waals surface area contributed by atoms with E-state index in [1.165, 1.54) is 0 Å². The number of hydrogen-bond acceptors (Lipinski definition) is 5. The first-order valence-electron chi connectivity index (χ1n) is 10.1. The van der Waals surface area contributed by atoms with Crippen LogP contribution in [0.2, 0.25) is 0 Å². The van der Waals surface area contributed by atoms with Crippen LogP contribution in [-0.4, -0.2) is 26.5 Å². The Labute approximate surface area is 178 Å². The highest BCUT2D eigenvalue weighted by atomic mass is 16.2. The molecule has 0 unspecified atom stereocenters. The molecular formula is C24H18N6O. The van der Waals surface area contributed by atoms with Gasteiger partial charge in [-0.2, -0.15) is 9.78 Å². The van der Waals surface area contributed by atoms with Crippen LogP contribution in [0.4, 0.5) is 17.2 Å². The Hall–Kier alpha value is -4.26. The van der Waals surface area contributed by atoms with E-state index in [4.69, 9.17) is 10.1 Å². The minimum atomic E-state index is -0.242. The van der Waals surface area contributed by atoms with Crippen LogP contribution in [0.3, 0.4) is 0 Å². The molecule has 2 aromatic carbocycles. The maximum atomic E-state index is 13.1. The zero-order valence-corrected chi connectivity index (χ0v) is 16.7. The zero-order chi connectivity index (χ0) is 20.9. The average molecular weight is 406 g/mol. The standard InChI is InChI=1S/C24H18N6O/c1-15-20-21(16-9-3-2-4-10-16)29-18-12-6-5-11-17(18)26-24(31)23(29)27-22(20)30(28-15)19-13-7-8-14-25-19/h2-14,21H,1H3,(H,26,31)/t21-/m1/s1. The lowest BCUT2D eigenvalue weighted by Gasteiger charge is -2.40. The van der Waals surface area contributed by atoms with E-state index >= 15 is 0 Å². The second-order valence-electron chi connectivity index (χ2n) is 7.51. The summed E-state index contributed by atoms with van der Waals surface area (Å²) in [5, 5.41) is 7.74. The van der Waals surface area contributed by atoms with Crippen molar-refractivity contribution in [3.05, 3.63) is 95.8 Å². The lowest BCUT2D eigenvalue weighted by atomic mass is 9.93. The number of carbonyl (C=O) groups is 1. The number of para-hydroxylation sites is 2. The Kier molecular flexibility index (Phi) is 3.76. The summed E-state index contributed by atoms with van der Waals surface area (Å²) in [6, 6.07) is 23.4. The van der Waals surface area contributed by atoms with Crippen LogP contribution >= 0.6 is 0 Å². The Morgan fingerprint density at radius 1 is 0.935 bits per heavy atom. The number of hydrogen-bond donors (Lipinski definition) is 1. The minimum absolute atomic E-state index is 0.239. The van der Waals surface area contributed by atoms with Gasteiger partial charge in [0.15, 0.2) is 11.6 Å². The van der Waals surface area contributed by atoms with E-state index in [0.717, 1.165) is 28.2 Å². The summed E-state index contributed by atoms with van der Waals surface area (Å²) in [7, 11) is 0. The molecule has 6 rings (SSSR count). The molecule has 2 aliphatic rings. The molecule has 0 bridgehead atoms. The van der Waals surface area contributed by atoms with Crippen molar-refractivity contribution >= 4 is 28.9 Å². The Morgan fingerprint density at radius 2 is 1.71 bits per heavy atom. The molecule has 0 saturated heterocycles. The van der Waals surface area contributed by atoms with E-state index < -0.39 is 0 Å². The minimum Gasteiger partial charge on any atom is -0.317 e. The van der Waals surface area contributed by atoms with Gasteiger partial charge in [0.05, 0.1) is 23.1 Å². The predicted molar refractivity (Wildman–Crippen MR) is 119 cm³/mol. The van der Waals surface area contributed by atoms with Gasteiger partial charge in [0.1, 0.15) is 0 Å². The van der Waals surface area contributed by atoms with Crippen molar-refractivity contribution in [2.24, 2.45) is 4.99 Å². The summed E-state index contributed by atoms with van der Waals surface area (Å²) in [6.07, 6.45) is 1.72. The van der Waals surface area contributed by atoms with Crippen molar-refractivity contribution in [2.45, 2.75) is 13.0 Å². The quantitative estimate of drug-likeness (QED) is 0.542. The molecule has 4 aromatic rings. The molecule has 7 nitrogen and oxygen atoms in total. The van der Waals surface area contributed by atoms with E-state index in [1.54, 1.807) is 10.9 Å². The smallest absolute Gasteiger partial charge is 0.291 e. The molecule has 0 aliphatic carbocycles. The van der Waals surface area contributed by atoms with Crippen LogP contribution < -0.4 is 10.2 Å². The van der Waals surface area contributed by atoms with Gasteiger partial charge in [-0.3, -0.25) is 4.79 Å². The first kappa shape index (κ1) is 17.6. The van der Waals surface area contributed by atoms with Crippen LogP contribution in [-0.2, 0) is 4.79 Å². The van der Waals surface area contributed by atoms with Gasteiger partial charge < -0.3 is 10.2 Å². The van der Waals surface area contributed by atoms with Crippen molar-refractivity contribution in [1.82, 2.24) is 14.8 Å². The molecule has 2 aliphatic heterocycles. The number of fused-ring (bicyclic) bond motifs is 4. The lowest BCUT2D eigenvalue weighted by molar-refractivity contribution is -0.110. The molecule has 0 radical (unpaired) electrons. The monoisotopic (exact) mass is 406 g/mol. The normalized spacial score (nSPS) is 16.7. The van der Waals surface area contributed by atoms with Crippen molar-refractivity contribution in [3.63, 3.8) is 0 Å². The molecule has 7 heteroatoms. The van der Waals surface area contributed by atoms with Crippen LogP contribution in [0, 0.1) is 6.92 Å². The first-order valence-corrected chi connectivity index (χ1v) is 10.1. The summed E-state index contributed by atoms with van der Waals surface area (Å²) >= 11 is 0. The predicted octanol–water partition coefficient (Wildman–Crippen LogP) is 4.17. The zero-order valence-electron chi connectivity index (χ0n) is 16.7. The van der Waals surface area contributed by atoms with E-state index in [9.17, 15) is 4.79 Å². The van der Waals surface area contributed by atoms with Crippen LogP contribution in [0.1, 0.15) is 22.9 Å². The topological polar surface area (TPSA) is 75.4 Å². The molecule has 2 aromatic heterocycles. The number of amidine groups is 1. The SMILES string of the molecule is Cc1nn(-c2ccccn2)c2c1[C@@H](c1ccccc1)N1C(=N2)C(=O)Nc2ccccc21. The number of aryl methyl sites for hydroxylation is 1. The second kappa shape index (κ2) is 6.63. The number of aliphatic imine (C=N–C) groups is 1. The molecule has 1 N–H and O–H groups in total. The number of nitrogens with zero attached hydrogens (tertiary/aromatic N) is 5. The van der Waals surface area contributed by atoms with Gasteiger partial charge >= 0.3 is 0 Å². The molecule has 0 fully saturated rings. The molecular weight excluding hydrogens is 388 g/mol. The lowest BCUT2D eigenvalue weighted by Crippen LogP contribution is -2.48. The second-order valence-corrected chi connectivity index (χ2v) is 7.51. The van der Waals surface area contributed by atoms with Gasteiger partial charge in [-0.05, 0) is 36.8 Å². The number of aromatic nitrogens is 3. The number of pyridine rings is 1. The molecule has 1 atom stereocenters. The maximum Gasteiger partial charge on any atom is 0.291 e. The van der Waals surface area contributed by atoms with Crippen molar-refractivity contribution in [3.8, 4) is 5.82 Å². The molecule has 4 heterocycles. The van der Waals surface area contributed by atoms with Gasteiger partial charge in [-0.25, -0.2) is 9.98 Å². The highest BCUT2D eigenvalue weighted by Gasteiger charge is 2.42. The van der Waals surface area contributed by atoms with E-state index in [0.29, 0.717) is 17.5 Å². The molecule has 31 heavy (non-hydrogen) atoms. The maximum absolute atomic E-state index is 13.1. The highest BCUT2D eigenvalue weighted by Crippen LogP contribution is 2.47. The van der Waals surface area contributed by atoms with Crippen LogP contribution in [0.15, 0.2) is 84.0 Å². The number of benzene rings is 2. The van der Waals surface area contributed by atoms with Crippen molar-refractivity contribution < 1.29 is 4.79 Å². The summed E-state index contributed by atoms with van der Waals surface area (Å²) in [5.41, 5.74) is 4.55. The summed E-state index contributed by atoms with van der Waals surface area (Å²) < 4.78 is 1.72. The van der Waals surface area contributed by atoms with Gasteiger partial charge in [0.25, 0.3) is 5.91 Å². The fourth-order valence-electron chi connectivity index (χ4n) is 4.33. The fraction of sp³-hybridized carbons (Fsp3) is 0.0833. The molecule has 0 spiro atoms. The highest BCUT2D eigenvalue weighted by molar-refractivity contribution is 6.50. The first-order chi connectivity index (χ1) is 15.2. The van der Waals surface area contributed by atoms with E-state index in [2.05, 4.69) is 22.4 Å². The number of rotatable bonds is 2. The van der Waals surface area contributed by atoms with Crippen molar-refractivity contribution in [1.29, 1.82) is 0 Å². The van der Waals surface area contributed by atoms with E-state index in [1.807, 2.05) is 72.5 Å². The number of nitrogens with one attached hydrogen (secondary N) is 1. The molecule has 1 amide bonds. The third kappa shape index (κ3) is 2.60. The van der Waals surface area contributed by atoms with Gasteiger partial charge in [0, 0.05) is 11.8 Å². The number of anilines is 2. The molecule has 150 valence electrons. The van der Waals surface area contributed by atoms with Gasteiger partial charge in [0.2, 0.25) is 5.84 Å². The van der Waals surface area contributed by atoms with Gasteiger partial charge in [-0.15, -0.1) is 0 Å².